The minimum Gasteiger partial charge on any atom is -0.490 e. The molecule has 222 valence electrons. The first-order chi connectivity index (χ1) is 20.6. The summed E-state index contributed by atoms with van der Waals surface area (Å²) in [7, 11) is -4.26. The molecule has 2 aromatic heterocycles. The number of carbonyl (C=O) groups is 1. The average Bonchev–Trinajstić information content (AvgIpc) is 3.37. The van der Waals surface area contributed by atoms with Gasteiger partial charge < -0.3 is 24.4 Å². The lowest BCUT2D eigenvalue weighted by molar-refractivity contribution is -0.832. The number of nitrogens with one attached hydrogen (secondary N) is 1. The number of halogens is 1. The number of fused-ring (bicyclic) bond motifs is 1. The number of amides is 1. The largest absolute Gasteiger partial charge is 0.490 e. The first-order valence-corrected chi connectivity index (χ1v) is 14.4. The standard InChI is InChI=1S/C29H24FN3O9S/c1-18-23-12-11-21(17-25(23)41-29(35)24(18)13-14-26(34)31-20-9-7-19(30)8-10-20)39-15-16-40-27-28(33(36)42-32-27)43(37,38)22-5-3-2-4-6-22/h2-12,17H,13-16H2,1H3,(H,31,34). The van der Waals surface area contributed by atoms with E-state index in [2.05, 4.69) is 15.1 Å². The highest BCUT2D eigenvalue weighted by molar-refractivity contribution is 7.91. The molecule has 0 fully saturated rings. The summed E-state index contributed by atoms with van der Waals surface area (Å²) in [5, 5.41) is 17.9. The van der Waals surface area contributed by atoms with Crippen molar-refractivity contribution in [2.45, 2.75) is 29.7 Å². The number of sulfone groups is 1. The molecule has 0 atom stereocenters. The third-order valence-electron chi connectivity index (χ3n) is 6.43. The van der Waals surface area contributed by atoms with Crippen molar-refractivity contribution in [3.8, 4) is 11.6 Å². The van der Waals surface area contributed by atoms with Crippen molar-refractivity contribution in [1.29, 1.82) is 0 Å². The summed E-state index contributed by atoms with van der Waals surface area (Å²) in [6.07, 6.45) is 0.155. The van der Waals surface area contributed by atoms with Crippen LogP contribution < -0.4 is 25.3 Å². The molecule has 0 saturated heterocycles. The predicted molar refractivity (Wildman–Crippen MR) is 149 cm³/mol. The van der Waals surface area contributed by atoms with Crippen LogP contribution in [0.25, 0.3) is 11.0 Å². The lowest BCUT2D eigenvalue weighted by Gasteiger charge is -2.10. The van der Waals surface area contributed by atoms with Gasteiger partial charge in [0.15, 0.2) is 0 Å². The summed E-state index contributed by atoms with van der Waals surface area (Å²) >= 11 is 0. The Morgan fingerprint density at radius 2 is 1.77 bits per heavy atom. The van der Waals surface area contributed by atoms with Crippen LogP contribution in [0.2, 0.25) is 0 Å². The van der Waals surface area contributed by atoms with Gasteiger partial charge in [-0.3, -0.25) is 9.42 Å². The third-order valence-corrected chi connectivity index (χ3v) is 8.16. The van der Waals surface area contributed by atoms with Crippen LogP contribution in [0.4, 0.5) is 10.1 Å². The normalized spacial score (nSPS) is 11.4. The summed E-state index contributed by atoms with van der Waals surface area (Å²) in [5.41, 5.74) is 1.12. The van der Waals surface area contributed by atoms with E-state index >= 15 is 0 Å². The van der Waals surface area contributed by atoms with Gasteiger partial charge in [0.05, 0.1) is 10.1 Å². The zero-order valence-electron chi connectivity index (χ0n) is 22.6. The highest BCUT2D eigenvalue weighted by Gasteiger charge is 2.35. The molecular weight excluding hydrogens is 585 g/mol. The molecule has 0 spiro atoms. The van der Waals surface area contributed by atoms with Gasteiger partial charge in [0.25, 0.3) is 9.84 Å². The van der Waals surface area contributed by atoms with Gasteiger partial charge >= 0.3 is 16.5 Å². The first-order valence-electron chi connectivity index (χ1n) is 12.9. The summed E-state index contributed by atoms with van der Waals surface area (Å²) in [4.78, 5) is 24.7. The van der Waals surface area contributed by atoms with Crippen LogP contribution in [0, 0.1) is 17.9 Å². The fourth-order valence-corrected chi connectivity index (χ4v) is 5.58. The van der Waals surface area contributed by atoms with Crippen LogP contribution in [-0.4, -0.2) is 32.7 Å². The molecule has 12 nitrogen and oxygen atoms in total. The maximum Gasteiger partial charge on any atom is 0.415 e. The Morgan fingerprint density at radius 1 is 1.05 bits per heavy atom. The van der Waals surface area contributed by atoms with Crippen molar-refractivity contribution in [2.75, 3.05) is 18.5 Å². The molecule has 3 aromatic carbocycles. The highest BCUT2D eigenvalue weighted by atomic mass is 32.2. The minimum atomic E-state index is -4.26. The van der Waals surface area contributed by atoms with E-state index in [1.54, 1.807) is 25.1 Å². The Balaban J connectivity index is 1.21. The summed E-state index contributed by atoms with van der Waals surface area (Å²) in [6, 6.07) is 17.5. The second-order valence-electron chi connectivity index (χ2n) is 9.26. The molecule has 14 heteroatoms. The number of aryl methyl sites for hydroxylation is 1. The fourth-order valence-electron chi connectivity index (χ4n) is 4.29. The zero-order chi connectivity index (χ0) is 30.6. The topological polar surface area (TPSA) is 165 Å². The Morgan fingerprint density at radius 3 is 2.51 bits per heavy atom. The Hall–Kier alpha value is -5.24. The van der Waals surface area contributed by atoms with E-state index in [-0.39, 0.29) is 47.3 Å². The van der Waals surface area contributed by atoms with Crippen molar-refractivity contribution in [3.63, 3.8) is 0 Å². The van der Waals surface area contributed by atoms with E-state index in [1.165, 1.54) is 54.6 Å². The van der Waals surface area contributed by atoms with Crippen LogP contribution in [0.1, 0.15) is 17.5 Å². The van der Waals surface area contributed by atoms with Gasteiger partial charge in [-0.25, -0.2) is 17.6 Å². The molecule has 0 saturated carbocycles. The molecule has 0 unspecified atom stereocenters. The fraction of sp³-hybridized carbons (Fsp3) is 0.172. The Bertz CT molecular complexity index is 1940. The van der Waals surface area contributed by atoms with E-state index in [4.69, 9.17) is 13.9 Å². The number of rotatable bonds is 11. The molecule has 0 radical (unpaired) electrons. The molecule has 0 aliphatic carbocycles. The van der Waals surface area contributed by atoms with E-state index < -0.39 is 32.2 Å². The number of aromatic nitrogens is 2. The van der Waals surface area contributed by atoms with Crippen molar-refractivity contribution in [2.24, 2.45) is 0 Å². The number of benzene rings is 3. The van der Waals surface area contributed by atoms with Crippen molar-refractivity contribution >= 4 is 32.4 Å². The smallest absolute Gasteiger partial charge is 0.415 e. The van der Waals surface area contributed by atoms with Gasteiger partial charge in [0.2, 0.25) is 5.91 Å². The molecule has 0 bridgehead atoms. The monoisotopic (exact) mass is 609 g/mol. The Kier molecular flexibility index (Phi) is 8.39. The number of carbonyl (C=O) groups excluding carboxylic acids is 1. The second-order valence-corrected chi connectivity index (χ2v) is 11.1. The lowest BCUT2D eigenvalue weighted by Crippen LogP contribution is -2.31. The quantitative estimate of drug-likeness (QED) is 0.133. The number of nitrogens with zero attached hydrogens (tertiary/aromatic N) is 2. The molecule has 2 heterocycles. The zero-order valence-corrected chi connectivity index (χ0v) is 23.4. The van der Waals surface area contributed by atoms with Gasteiger partial charge in [-0.2, -0.15) is 0 Å². The lowest BCUT2D eigenvalue weighted by atomic mass is 10.0. The highest BCUT2D eigenvalue weighted by Crippen LogP contribution is 2.26. The van der Waals surface area contributed by atoms with Crippen LogP contribution in [0.15, 0.2) is 96.6 Å². The number of hydrogen-bond donors (Lipinski definition) is 1. The maximum atomic E-state index is 13.1. The van der Waals surface area contributed by atoms with Crippen LogP contribution in [-0.2, 0) is 21.1 Å². The van der Waals surface area contributed by atoms with E-state index in [0.717, 1.165) is 0 Å². The number of ether oxygens (including phenoxy) is 2. The summed E-state index contributed by atoms with van der Waals surface area (Å²) < 4.78 is 59.7. The van der Waals surface area contributed by atoms with Crippen LogP contribution in [0.5, 0.6) is 11.6 Å². The molecule has 1 amide bonds. The average molecular weight is 610 g/mol. The first kappa shape index (κ1) is 29.3. The van der Waals surface area contributed by atoms with Crippen LogP contribution >= 0.6 is 0 Å². The van der Waals surface area contributed by atoms with Crippen molar-refractivity contribution in [3.05, 3.63) is 105 Å². The van der Waals surface area contributed by atoms with E-state index in [0.29, 0.717) is 28.0 Å². The molecule has 5 rings (SSSR count). The van der Waals surface area contributed by atoms with E-state index in [9.17, 15) is 27.6 Å². The van der Waals surface area contributed by atoms with Gasteiger partial charge in [0.1, 0.15) is 30.4 Å². The molecule has 0 aliphatic heterocycles. The van der Waals surface area contributed by atoms with Gasteiger partial charge in [-0.1, -0.05) is 18.2 Å². The summed E-state index contributed by atoms with van der Waals surface area (Å²) in [6.45, 7) is 1.48. The van der Waals surface area contributed by atoms with E-state index in [1.807, 2.05) is 0 Å². The van der Waals surface area contributed by atoms with Gasteiger partial charge in [0, 0.05) is 29.1 Å². The van der Waals surface area contributed by atoms with Crippen molar-refractivity contribution in [1.82, 2.24) is 5.16 Å². The number of hydrogen-bond acceptors (Lipinski definition) is 10. The number of anilines is 1. The Labute approximate surface area is 243 Å². The molecule has 1 N–H and O–H groups in total. The SMILES string of the molecule is Cc1c(CCC(=O)Nc2ccc(F)cc2)c(=O)oc2cc(OCCOc3no[n+]([O-])c3S(=O)(=O)c3ccccc3)ccc12. The molecular formula is C29H24FN3O9S. The van der Waals surface area contributed by atoms with Crippen LogP contribution in [0.3, 0.4) is 0 Å². The van der Waals surface area contributed by atoms with Crippen molar-refractivity contribution < 1.29 is 41.0 Å². The molecule has 5 aromatic rings. The maximum absolute atomic E-state index is 13.1. The third kappa shape index (κ3) is 6.48. The van der Waals surface area contributed by atoms with Gasteiger partial charge in [-0.15, -0.1) is 0 Å². The second kappa shape index (κ2) is 12.3. The molecule has 0 aliphatic rings. The van der Waals surface area contributed by atoms with Gasteiger partial charge in [-0.05, 0) is 72.3 Å². The minimum absolute atomic E-state index is 0.0158. The summed E-state index contributed by atoms with van der Waals surface area (Å²) in [5.74, 6) is -0.931. The predicted octanol–water partition coefficient (Wildman–Crippen LogP) is 3.72. The molecule has 43 heavy (non-hydrogen) atoms.